The Morgan fingerprint density at radius 3 is 2.11 bits per heavy atom. The molecule has 38 heavy (non-hydrogen) atoms. The number of ether oxygens (including phenoxy) is 1. The van der Waals surface area contributed by atoms with E-state index in [1.54, 1.807) is 31.5 Å². The number of rotatable bonds is 8. The zero-order valence-electron chi connectivity index (χ0n) is 21.5. The lowest BCUT2D eigenvalue weighted by molar-refractivity contribution is -0.258. The molecular formula is C29H32F3N3O3. The molecule has 9 heteroatoms. The lowest BCUT2D eigenvalue weighted by Gasteiger charge is -2.40. The lowest BCUT2D eigenvalue weighted by Crippen LogP contribution is -2.56. The van der Waals surface area contributed by atoms with Crippen molar-refractivity contribution >= 4 is 5.97 Å². The van der Waals surface area contributed by atoms with Crippen molar-refractivity contribution in [2.24, 2.45) is 0 Å². The van der Waals surface area contributed by atoms with Gasteiger partial charge >= 0.3 is 12.1 Å². The summed E-state index contributed by atoms with van der Waals surface area (Å²) in [6.07, 6.45) is -1.24. The SMILES string of the molecule is CCOC(=O)[C@H]1CN(Cc2ccncc2)CCN1Cc1ccc(-c2ccc(C(C)(O)C(F)(F)F)cc2)cc1. The fourth-order valence-electron chi connectivity index (χ4n) is 4.61. The van der Waals surface area contributed by atoms with Crippen LogP contribution in [-0.2, 0) is 28.2 Å². The first-order valence-corrected chi connectivity index (χ1v) is 12.6. The molecule has 0 bridgehead atoms. The third-order valence-electron chi connectivity index (χ3n) is 6.96. The van der Waals surface area contributed by atoms with Crippen LogP contribution in [0.2, 0.25) is 0 Å². The summed E-state index contributed by atoms with van der Waals surface area (Å²) in [7, 11) is 0. The Morgan fingerprint density at radius 1 is 0.947 bits per heavy atom. The molecule has 3 aromatic rings. The average molecular weight is 528 g/mol. The molecule has 0 amide bonds. The minimum absolute atomic E-state index is 0.210. The van der Waals surface area contributed by atoms with Gasteiger partial charge in [0.2, 0.25) is 0 Å². The van der Waals surface area contributed by atoms with Crippen molar-refractivity contribution in [3.63, 3.8) is 0 Å². The van der Waals surface area contributed by atoms with Crippen molar-refractivity contribution in [1.29, 1.82) is 0 Å². The number of pyridine rings is 1. The maximum Gasteiger partial charge on any atom is 0.421 e. The zero-order valence-corrected chi connectivity index (χ0v) is 21.5. The third-order valence-corrected chi connectivity index (χ3v) is 6.96. The second-order valence-electron chi connectivity index (χ2n) is 9.67. The van der Waals surface area contributed by atoms with Gasteiger partial charge in [-0.1, -0.05) is 48.5 Å². The smallest absolute Gasteiger partial charge is 0.421 e. The molecule has 1 fully saturated rings. The highest BCUT2D eigenvalue weighted by atomic mass is 19.4. The number of carbonyl (C=O) groups is 1. The molecular weight excluding hydrogens is 495 g/mol. The molecule has 6 nitrogen and oxygen atoms in total. The number of hydrogen-bond acceptors (Lipinski definition) is 6. The summed E-state index contributed by atoms with van der Waals surface area (Å²) >= 11 is 0. The monoisotopic (exact) mass is 527 g/mol. The van der Waals surface area contributed by atoms with Crippen LogP contribution in [0.5, 0.6) is 0 Å². The molecule has 0 spiro atoms. The van der Waals surface area contributed by atoms with Gasteiger partial charge in [-0.05, 0) is 53.8 Å². The fraction of sp³-hybridized carbons (Fsp3) is 0.379. The summed E-state index contributed by atoms with van der Waals surface area (Å²) in [6.45, 7) is 6.25. The number of benzene rings is 2. The third kappa shape index (κ3) is 6.40. The van der Waals surface area contributed by atoms with Crippen molar-refractivity contribution in [1.82, 2.24) is 14.8 Å². The van der Waals surface area contributed by atoms with E-state index in [1.807, 2.05) is 36.4 Å². The number of hydrogen-bond donors (Lipinski definition) is 1. The molecule has 1 saturated heterocycles. The van der Waals surface area contributed by atoms with Gasteiger partial charge in [-0.3, -0.25) is 19.6 Å². The minimum atomic E-state index is -4.76. The first-order chi connectivity index (χ1) is 18.1. The van der Waals surface area contributed by atoms with Crippen molar-refractivity contribution in [2.45, 2.75) is 44.8 Å². The number of piperazine rings is 1. The predicted octanol–water partition coefficient (Wildman–Crippen LogP) is 4.77. The summed E-state index contributed by atoms with van der Waals surface area (Å²) in [5, 5.41) is 9.89. The molecule has 2 atom stereocenters. The minimum Gasteiger partial charge on any atom is -0.465 e. The molecule has 1 unspecified atom stereocenters. The maximum atomic E-state index is 13.1. The van der Waals surface area contributed by atoms with Gasteiger partial charge in [-0.15, -0.1) is 0 Å². The van der Waals surface area contributed by atoms with Crippen molar-refractivity contribution in [3.8, 4) is 11.1 Å². The van der Waals surface area contributed by atoms with Gasteiger partial charge in [0.25, 0.3) is 0 Å². The highest BCUT2D eigenvalue weighted by Gasteiger charge is 2.51. The van der Waals surface area contributed by atoms with Crippen LogP contribution in [0.3, 0.4) is 0 Å². The summed E-state index contributed by atoms with van der Waals surface area (Å²) in [5.41, 5.74) is 0.624. The van der Waals surface area contributed by atoms with E-state index in [0.717, 1.165) is 42.3 Å². The van der Waals surface area contributed by atoms with Crippen LogP contribution < -0.4 is 0 Å². The topological polar surface area (TPSA) is 65.9 Å². The Hall–Kier alpha value is -3.27. The van der Waals surface area contributed by atoms with Crippen molar-refractivity contribution in [2.75, 3.05) is 26.2 Å². The summed E-state index contributed by atoms with van der Waals surface area (Å²) < 4.78 is 44.8. The molecule has 0 radical (unpaired) electrons. The number of nitrogens with zero attached hydrogens (tertiary/aromatic N) is 3. The molecule has 2 aromatic carbocycles. The summed E-state index contributed by atoms with van der Waals surface area (Å²) in [6, 6.07) is 17.0. The Balaban J connectivity index is 1.43. The standard InChI is InChI=1S/C29H32F3N3O3/c1-3-38-27(36)26-20-34(18-22-12-14-33-15-13-22)16-17-35(26)19-21-4-6-23(7-5-21)24-8-10-25(11-9-24)28(2,37)29(30,31)32/h4-15,26,37H,3,16-20H2,1-2H3/t26-,28?/m1/s1. The molecule has 1 aliphatic rings. The van der Waals surface area contributed by atoms with Crippen molar-refractivity contribution < 1.29 is 27.8 Å². The van der Waals surface area contributed by atoms with Crippen LogP contribution in [0.25, 0.3) is 11.1 Å². The molecule has 1 aromatic heterocycles. The fourth-order valence-corrected chi connectivity index (χ4v) is 4.61. The molecule has 4 rings (SSSR count). The van der Waals surface area contributed by atoms with E-state index < -0.39 is 11.8 Å². The first-order valence-electron chi connectivity index (χ1n) is 12.6. The van der Waals surface area contributed by atoms with E-state index in [2.05, 4.69) is 14.8 Å². The van der Waals surface area contributed by atoms with Gasteiger partial charge in [0.1, 0.15) is 6.04 Å². The summed E-state index contributed by atoms with van der Waals surface area (Å²) in [5.74, 6) is -0.238. The largest absolute Gasteiger partial charge is 0.465 e. The Labute approximate surface area is 220 Å². The van der Waals surface area contributed by atoms with Crippen LogP contribution in [0, 0.1) is 0 Å². The van der Waals surface area contributed by atoms with E-state index in [-0.39, 0.29) is 17.6 Å². The number of aliphatic hydroxyl groups is 1. The Kier molecular flexibility index (Phi) is 8.50. The van der Waals surface area contributed by atoms with Gasteiger partial charge in [-0.2, -0.15) is 13.2 Å². The van der Waals surface area contributed by atoms with Crippen LogP contribution in [0.4, 0.5) is 13.2 Å². The maximum absolute atomic E-state index is 13.1. The van der Waals surface area contributed by atoms with E-state index in [9.17, 15) is 23.1 Å². The van der Waals surface area contributed by atoms with Gasteiger partial charge in [0.15, 0.2) is 5.60 Å². The second-order valence-corrected chi connectivity index (χ2v) is 9.67. The highest BCUT2D eigenvalue weighted by Crippen LogP contribution is 2.39. The first kappa shape index (κ1) is 27.8. The molecule has 202 valence electrons. The Morgan fingerprint density at radius 2 is 1.53 bits per heavy atom. The highest BCUT2D eigenvalue weighted by molar-refractivity contribution is 5.76. The van der Waals surface area contributed by atoms with Gasteiger partial charge < -0.3 is 9.84 Å². The van der Waals surface area contributed by atoms with Gasteiger partial charge in [-0.25, -0.2) is 0 Å². The molecule has 0 aliphatic carbocycles. The van der Waals surface area contributed by atoms with E-state index in [0.29, 0.717) is 26.2 Å². The van der Waals surface area contributed by atoms with Gasteiger partial charge in [0.05, 0.1) is 6.61 Å². The zero-order chi connectivity index (χ0) is 27.3. The molecule has 1 aliphatic heterocycles. The average Bonchev–Trinajstić information content (AvgIpc) is 2.90. The quantitative estimate of drug-likeness (QED) is 0.426. The number of carbonyl (C=O) groups excluding carboxylic acids is 1. The summed E-state index contributed by atoms with van der Waals surface area (Å²) in [4.78, 5) is 21.2. The number of halogens is 3. The number of alkyl halides is 3. The predicted molar refractivity (Wildman–Crippen MR) is 138 cm³/mol. The van der Waals surface area contributed by atoms with Crippen LogP contribution in [0.15, 0.2) is 73.1 Å². The Bertz CT molecular complexity index is 1200. The number of aromatic nitrogens is 1. The second kappa shape index (κ2) is 11.6. The van der Waals surface area contributed by atoms with E-state index in [1.165, 1.54) is 12.1 Å². The lowest BCUT2D eigenvalue weighted by atomic mass is 9.93. The van der Waals surface area contributed by atoms with E-state index >= 15 is 0 Å². The van der Waals surface area contributed by atoms with Crippen LogP contribution in [0.1, 0.15) is 30.5 Å². The van der Waals surface area contributed by atoms with E-state index in [4.69, 9.17) is 4.74 Å². The molecule has 1 N–H and O–H groups in total. The molecule has 2 heterocycles. The normalized spacial score (nSPS) is 18.6. The van der Waals surface area contributed by atoms with Crippen molar-refractivity contribution in [3.05, 3.63) is 89.7 Å². The number of esters is 1. The van der Waals surface area contributed by atoms with Gasteiger partial charge in [0, 0.05) is 45.1 Å². The van der Waals surface area contributed by atoms with Crippen LogP contribution >= 0.6 is 0 Å². The van der Waals surface area contributed by atoms with Crippen LogP contribution in [-0.4, -0.2) is 64.3 Å². The molecule has 0 saturated carbocycles.